The van der Waals surface area contributed by atoms with Gasteiger partial charge in [0.25, 0.3) is 0 Å². The van der Waals surface area contributed by atoms with Crippen LogP contribution in [0.1, 0.15) is 30.4 Å². The van der Waals surface area contributed by atoms with Gasteiger partial charge in [0.2, 0.25) is 5.95 Å². The highest BCUT2D eigenvalue weighted by Gasteiger charge is 2.44. The van der Waals surface area contributed by atoms with Crippen molar-refractivity contribution in [2.24, 2.45) is 11.8 Å². The summed E-state index contributed by atoms with van der Waals surface area (Å²) in [6, 6.07) is 2.37. The highest BCUT2D eigenvalue weighted by Crippen LogP contribution is 2.43. The van der Waals surface area contributed by atoms with E-state index in [9.17, 15) is 14.6 Å². The third-order valence-electron chi connectivity index (χ3n) is 7.78. The number of nitriles is 1. The van der Waals surface area contributed by atoms with E-state index in [2.05, 4.69) is 31.2 Å². The topological polar surface area (TPSA) is 118 Å². The summed E-state index contributed by atoms with van der Waals surface area (Å²) in [5, 5.41) is 24.0. The minimum absolute atomic E-state index is 0.0158. The first-order valence-electron chi connectivity index (χ1n) is 11.7. The molecule has 6 rings (SSSR count). The normalized spacial score (nSPS) is 26.7. The van der Waals surface area contributed by atoms with Crippen molar-refractivity contribution >= 4 is 40.0 Å². The standard InChI is InChI=1S/C23H26ClN7O2S/c24-16-7-26-22(27-8-16)31-11-14-9-30(10-15(14)12-31)21-18(6-25)17-2-5-34(33)19(17)20(28-21)29-23(13-32)3-1-4-23/h7-8,14-15,32H,1-5,9-13H2,(H,28,29)/t14?,15?,34-/m1/s1. The van der Waals surface area contributed by atoms with E-state index in [1.165, 1.54) is 0 Å². The Balaban J connectivity index is 1.29. The van der Waals surface area contributed by atoms with E-state index in [4.69, 9.17) is 16.6 Å². The number of aromatic nitrogens is 3. The van der Waals surface area contributed by atoms with E-state index in [0.717, 1.165) is 51.0 Å². The molecular weight excluding hydrogens is 474 g/mol. The summed E-state index contributed by atoms with van der Waals surface area (Å²) in [6.45, 7) is 3.30. The second-order valence-corrected chi connectivity index (χ2v) is 11.8. The molecule has 0 aromatic carbocycles. The van der Waals surface area contributed by atoms with Gasteiger partial charge in [0.05, 0.1) is 50.8 Å². The number of nitrogens with one attached hydrogen (secondary N) is 1. The first kappa shape index (κ1) is 22.0. The lowest BCUT2D eigenvalue weighted by Gasteiger charge is -2.42. The maximum atomic E-state index is 12.8. The Kier molecular flexibility index (Phi) is 5.39. The molecule has 2 saturated heterocycles. The fourth-order valence-corrected chi connectivity index (χ4v) is 7.27. The zero-order valence-corrected chi connectivity index (χ0v) is 20.3. The van der Waals surface area contributed by atoms with Crippen molar-refractivity contribution in [3.05, 3.63) is 28.5 Å². The second-order valence-electron chi connectivity index (χ2n) is 9.83. The summed E-state index contributed by atoms with van der Waals surface area (Å²) in [5.41, 5.74) is 1.00. The number of fused-ring (bicyclic) bond motifs is 2. The number of hydrogen-bond acceptors (Lipinski definition) is 9. The van der Waals surface area contributed by atoms with Gasteiger partial charge in [0, 0.05) is 43.8 Å². The van der Waals surface area contributed by atoms with Crippen LogP contribution in [-0.4, -0.2) is 68.3 Å². The number of hydrogen-bond donors (Lipinski definition) is 2. The summed E-state index contributed by atoms with van der Waals surface area (Å²) < 4.78 is 12.8. The molecule has 0 spiro atoms. The minimum atomic E-state index is -1.18. The Morgan fingerprint density at radius 2 is 1.88 bits per heavy atom. The number of pyridine rings is 1. The Morgan fingerprint density at radius 3 is 2.47 bits per heavy atom. The molecule has 2 unspecified atom stereocenters. The van der Waals surface area contributed by atoms with E-state index >= 15 is 0 Å². The van der Waals surface area contributed by atoms with E-state index in [0.29, 0.717) is 57.1 Å². The zero-order chi connectivity index (χ0) is 23.4. The van der Waals surface area contributed by atoms with Crippen LogP contribution < -0.4 is 15.1 Å². The smallest absolute Gasteiger partial charge is 0.225 e. The van der Waals surface area contributed by atoms with Gasteiger partial charge >= 0.3 is 0 Å². The van der Waals surface area contributed by atoms with E-state index in [1.54, 1.807) is 12.4 Å². The fraction of sp³-hybridized carbons (Fsp3) is 0.565. The maximum Gasteiger partial charge on any atom is 0.225 e. The van der Waals surface area contributed by atoms with Gasteiger partial charge in [-0.3, -0.25) is 4.21 Å². The van der Waals surface area contributed by atoms with Crippen LogP contribution in [0.5, 0.6) is 0 Å². The summed E-state index contributed by atoms with van der Waals surface area (Å²) in [7, 11) is -1.18. The molecule has 2 aromatic rings. The van der Waals surface area contributed by atoms with E-state index < -0.39 is 16.3 Å². The van der Waals surface area contributed by atoms with Crippen LogP contribution in [0.4, 0.5) is 17.6 Å². The average molecular weight is 500 g/mol. The summed E-state index contributed by atoms with van der Waals surface area (Å²) in [6.07, 6.45) is 6.63. The van der Waals surface area contributed by atoms with E-state index in [-0.39, 0.29) is 6.61 Å². The average Bonchev–Trinajstić information content (AvgIpc) is 3.50. The fourth-order valence-electron chi connectivity index (χ4n) is 5.79. The Morgan fingerprint density at radius 1 is 1.21 bits per heavy atom. The third kappa shape index (κ3) is 3.53. The van der Waals surface area contributed by atoms with Gasteiger partial charge in [-0.05, 0) is 31.2 Å². The van der Waals surface area contributed by atoms with Crippen LogP contribution in [0.15, 0.2) is 17.3 Å². The van der Waals surface area contributed by atoms with Crippen molar-refractivity contribution in [3.8, 4) is 6.07 Å². The van der Waals surface area contributed by atoms with Crippen LogP contribution in [0.2, 0.25) is 5.02 Å². The molecule has 3 aliphatic heterocycles. The van der Waals surface area contributed by atoms with Crippen LogP contribution in [-0.2, 0) is 17.2 Å². The molecule has 0 radical (unpaired) electrons. The largest absolute Gasteiger partial charge is 0.394 e. The second kappa shape index (κ2) is 8.33. The van der Waals surface area contributed by atoms with Gasteiger partial charge in [-0.25, -0.2) is 15.0 Å². The molecule has 5 heterocycles. The Bertz CT molecular complexity index is 1180. The van der Waals surface area contributed by atoms with Crippen molar-refractivity contribution in [2.45, 2.75) is 36.1 Å². The number of aliphatic hydroxyl groups is 1. The van der Waals surface area contributed by atoms with Crippen LogP contribution in [0.25, 0.3) is 0 Å². The first-order valence-corrected chi connectivity index (χ1v) is 13.4. The SMILES string of the molecule is N#Cc1c(N2CC3CN(c4ncc(Cl)cn4)CC3C2)nc(NC2(CO)CCC2)c2c1CC[S@]2=O. The molecule has 9 nitrogen and oxygen atoms in total. The molecule has 0 bridgehead atoms. The van der Waals surface area contributed by atoms with Gasteiger partial charge in [0.15, 0.2) is 0 Å². The number of rotatable bonds is 5. The minimum Gasteiger partial charge on any atom is -0.394 e. The molecule has 34 heavy (non-hydrogen) atoms. The number of halogens is 1. The zero-order valence-electron chi connectivity index (χ0n) is 18.7. The predicted molar refractivity (Wildman–Crippen MR) is 130 cm³/mol. The van der Waals surface area contributed by atoms with Crippen LogP contribution >= 0.6 is 11.6 Å². The van der Waals surface area contributed by atoms with Gasteiger partial charge in [-0.1, -0.05) is 11.6 Å². The first-order chi connectivity index (χ1) is 16.5. The van der Waals surface area contributed by atoms with Gasteiger partial charge in [-0.2, -0.15) is 5.26 Å². The Labute approximate surface area is 205 Å². The number of nitrogens with zero attached hydrogens (tertiary/aromatic N) is 6. The lowest BCUT2D eigenvalue weighted by Crippen LogP contribution is -2.48. The molecule has 2 aromatic heterocycles. The monoisotopic (exact) mass is 499 g/mol. The molecule has 3 fully saturated rings. The highest BCUT2D eigenvalue weighted by molar-refractivity contribution is 7.85. The molecule has 1 saturated carbocycles. The molecule has 0 amide bonds. The lowest BCUT2D eigenvalue weighted by atomic mass is 9.77. The van der Waals surface area contributed by atoms with Gasteiger partial charge < -0.3 is 20.2 Å². The maximum absolute atomic E-state index is 12.8. The molecular formula is C23H26ClN7O2S. The van der Waals surface area contributed by atoms with Crippen molar-refractivity contribution in [1.82, 2.24) is 15.0 Å². The molecule has 1 aliphatic carbocycles. The van der Waals surface area contributed by atoms with E-state index in [1.807, 2.05) is 0 Å². The van der Waals surface area contributed by atoms with Gasteiger partial charge in [-0.15, -0.1) is 0 Å². The Hall–Kier alpha value is -2.48. The van der Waals surface area contributed by atoms with Crippen molar-refractivity contribution < 1.29 is 9.32 Å². The van der Waals surface area contributed by atoms with Gasteiger partial charge in [0.1, 0.15) is 17.7 Å². The molecule has 178 valence electrons. The molecule has 3 atom stereocenters. The van der Waals surface area contributed by atoms with Crippen LogP contribution in [0.3, 0.4) is 0 Å². The lowest BCUT2D eigenvalue weighted by molar-refractivity contribution is 0.143. The summed E-state index contributed by atoms with van der Waals surface area (Å²) in [4.78, 5) is 18.7. The van der Waals surface area contributed by atoms with Crippen molar-refractivity contribution in [1.29, 1.82) is 5.26 Å². The molecule has 11 heteroatoms. The van der Waals surface area contributed by atoms with Crippen molar-refractivity contribution in [3.63, 3.8) is 0 Å². The van der Waals surface area contributed by atoms with Crippen molar-refractivity contribution in [2.75, 3.05) is 53.7 Å². The third-order valence-corrected chi connectivity index (χ3v) is 9.45. The number of anilines is 3. The predicted octanol–water partition coefficient (Wildman–Crippen LogP) is 1.96. The highest BCUT2D eigenvalue weighted by atomic mass is 35.5. The quantitative estimate of drug-likeness (QED) is 0.636. The molecule has 4 aliphatic rings. The summed E-state index contributed by atoms with van der Waals surface area (Å²) >= 11 is 5.93. The van der Waals surface area contributed by atoms with Crippen LogP contribution in [0, 0.1) is 23.2 Å². The summed E-state index contributed by atoms with van der Waals surface area (Å²) in [5.74, 6) is 3.31. The molecule has 2 N–H and O–H groups in total. The number of aliphatic hydroxyl groups excluding tert-OH is 1.